The zero-order valence-corrected chi connectivity index (χ0v) is 10.7. The van der Waals surface area contributed by atoms with Crippen LogP contribution in [0.4, 0.5) is 0 Å². The first-order chi connectivity index (χ1) is 7.76. The van der Waals surface area contributed by atoms with Crippen molar-refractivity contribution >= 4 is 0 Å². The highest BCUT2D eigenvalue weighted by molar-refractivity contribution is 4.71. The molecule has 0 amide bonds. The van der Waals surface area contributed by atoms with E-state index >= 15 is 0 Å². The molecule has 0 fully saturated rings. The second-order valence-electron chi connectivity index (χ2n) is 3.95. The molecule has 0 radical (unpaired) electrons. The zero-order chi connectivity index (χ0) is 12.2. The van der Waals surface area contributed by atoms with Gasteiger partial charge >= 0.3 is 0 Å². The van der Waals surface area contributed by atoms with Crippen LogP contribution in [0, 0.1) is 11.3 Å². The van der Waals surface area contributed by atoms with Crippen molar-refractivity contribution in [2.24, 2.45) is 0 Å². The minimum absolute atomic E-state index is 0.405. The van der Waals surface area contributed by atoms with Crippen LogP contribution in [0.3, 0.4) is 0 Å². The molecular weight excluding hydrogens is 204 g/mol. The van der Waals surface area contributed by atoms with E-state index in [1.165, 1.54) is 0 Å². The van der Waals surface area contributed by atoms with Crippen LogP contribution in [0.25, 0.3) is 0 Å². The molecule has 0 aromatic rings. The van der Waals surface area contributed by atoms with Gasteiger partial charge in [0, 0.05) is 33.2 Å². The summed E-state index contributed by atoms with van der Waals surface area (Å²) >= 11 is 0. The quantitative estimate of drug-likeness (QED) is 0.533. The fraction of sp³-hybridized carbons (Fsp3) is 0.917. The second kappa shape index (κ2) is 10.9. The molecule has 0 aliphatic heterocycles. The summed E-state index contributed by atoms with van der Waals surface area (Å²) in [5.41, 5.74) is 0. The third-order valence-corrected chi connectivity index (χ3v) is 2.60. The molecule has 0 aliphatic carbocycles. The van der Waals surface area contributed by atoms with Gasteiger partial charge in [-0.25, -0.2) is 0 Å². The molecule has 0 N–H and O–H groups in total. The van der Waals surface area contributed by atoms with Crippen molar-refractivity contribution in [2.75, 3.05) is 40.5 Å². The van der Waals surface area contributed by atoms with Gasteiger partial charge < -0.3 is 9.47 Å². The number of hydrogen-bond acceptors (Lipinski definition) is 4. The Morgan fingerprint density at radius 1 is 1.19 bits per heavy atom. The standard InChI is InChI=1S/C12H24N2O2/c1-12(11-16-3)14(9-10-15-2)8-6-4-5-7-13/h12H,4-6,8-11H2,1-3H3. The van der Waals surface area contributed by atoms with Crippen LogP contribution in [0.5, 0.6) is 0 Å². The number of ether oxygens (including phenoxy) is 2. The van der Waals surface area contributed by atoms with Crippen molar-refractivity contribution in [3.8, 4) is 6.07 Å². The van der Waals surface area contributed by atoms with Crippen LogP contribution in [0.15, 0.2) is 0 Å². The molecule has 0 bridgehead atoms. The van der Waals surface area contributed by atoms with Gasteiger partial charge in [0.15, 0.2) is 0 Å². The van der Waals surface area contributed by atoms with Gasteiger partial charge in [-0.1, -0.05) is 0 Å². The Kier molecular flexibility index (Phi) is 10.4. The first-order valence-corrected chi connectivity index (χ1v) is 5.85. The van der Waals surface area contributed by atoms with Crippen LogP contribution < -0.4 is 0 Å². The average Bonchev–Trinajstić information content (AvgIpc) is 2.28. The van der Waals surface area contributed by atoms with Gasteiger partial charge in [-0.3, -0.25) is 4.90 Å². The average molecular weight is 228 g/mol. The molecule has 16 heavy (non-hydrogen) atoms. The number of nitrogens with zero attached hydrogens (tertiary/aromatic N) is 2. The van der Waals surface area contributed by atoms with Crippen molar-refractivity contribution in [1.29, 1.82) is 5.26 Å². The van der Waals surface area contributed by atoms with Gasteiger partial charge in [0.2, 0.25) is 0 Å². The van der Waals surface area contributed by atoms with E-state index in [1.807, 2.05) is 0 Å². The molecule has 4 nitrogen and oxygen atoms in total. The smallest absolute Gasteiger partial charge is 0.0621 e. The highest BCUT2D eigenvalue weighted by atomic mass is 16.5. The maximum atomic E-state index is 8.46. The third kappa shape index (κ3) is 7.63. The fourth-order valence-corrected chi connectivity index (χ4v) is 1.63. The Hall–Kier alpha value is -0.630. The summed E-state index contributed by atoms with van der Waals surface area (Å²) in [6.45, 7) is 5.57. The van der Waals surface area contributed by atoms with Crippen LogP contribution >= 0.6 is 0 Å². The van der Waals surface area contributed by atoms with Gasteiger partial charge in [-0.15, -0.1) is 0 Å². The number of methoxy groups -OCH3 is 2. The van der Waals surface area contributed by atoms with E-state index in [4.69, 9.17) is 14.7 Å². The minimum Gasteiger partial charge on any atom is -0.383 e. The molecule has 0 rings (SSSR count). The molecule has 94 valence electrons. The lowest BCUT2D eigenvalue weighted by Gasteiger charge is -2.28. The van der Waals surface area contributed by atoms with E-state index in [9.17, 15) is 0 Å². The van der Waals surface area contributed by atoms with E-state index in [2.05, 4.69) is 17.9 Å². The Balaban J connectivity index is 3.85. The lowest BCUT2D eigenvalue weighted by atomic mass is 10.2. The summed E-state index contributed by atoms with van der Waals surface area (Å²) < 4.78 is 10.3. The first-order valence-electron chi connectivity index (χ1n) is 5.85. The van der Waals surface area contributed by atoms with Gasteiger partial charge in [0.25, 0.3) is 0 Å². The molecule has 0 aromatic carbocycles. The minimum atomic E-state index is 0.405. The molecule has 0 spiro atoms. The second-order valence-corrected chi connectivity index (χ2v) is 3.95. The van der Waals surface area contributed by atoms with Gasteiger partial charge in [0.1, 0.15) is 0 Å². The largest absolute Gasteiger partial charge is 0.383 e. The SMILES string of the molecule is COCCN(CCCCC#N)C(C)COC. The van der Waals surface area contributed by atoms with Crippen molar-refractivity contribution in [3.05, 3.63) is 0 Å². The highest BCUT2D eigenvalue weighted by Crippen LogP contribution is 2.04. The number of rotatable bonds is 10. The zero-order valence-electron chi connectivity index (χ0n) is 10.7. The van der Waals surface area contributed by atoms with Crippen molar-refractivity contribution in [3.63, 3.8) is 0 Å². The summed E-state index contributed by atoms with van der Waals surface area (Å²) in [6.07, 6.45) is 2.68. The Bertz CT molecular complexity index is 192. The topological polar surface area (TPSA) is 45.5 Å². The maximum absolute atomic E-state index is 8.46. The normalized spacial score (nSPS) is 12.7. The summed E-state index contributed by atoms with van der Waals surface area (Å²) in [6, 6.07) is 2.58. The van der Waals surface area contributed by atoms with E-state index in [1.54, 1.807) is 14.2 Å². The van der Waals surface area contributed by atoms with E-state index in [-0.39, 0.29) is 0 Å². The summed E-state index contributed by atoms with van der Waals surface area (Å²) in [7, 11) is 3.44. The predicted molar refractivity (Wildman–Crippen MR) is 64.3 cm³/mol. The van der Waals surface area contributed by atoms with Crippen LogP contribution in [-0.4, -0.2) is 51.5 Å². The molecule has 4 heteroatoms. The van der Waals surface area contributed by atoms with E-state index in [0.717, 1.165) is 39.1 Å². The molecular formula is C12H24N2O2. The lowest BCUT2D eigenvalue weighted by Crippen LogP contribution is -2.39. The Morgan fingerprint density at radius 2 is 1.94 bits per heavy atom. The fourth-order valence-electron chi connectivity index (χ4n) is 1.63. The van der Waals surface area contributed by atoms with Crippen molar-refractivity contribution in [1.82, 2.24) is 4.90 Å². The summed E-state index contributed by atoms with van der Waals surface area (Å²) in [5, 5.41) is 8.46. The molecule has 1 atom stereocenters. The monoisotopic (exact) mass is 228 g/mol. The van der Waals surface area contributed by atoms with E-state index < -0.39 is 0 Å². The van der Waals surface area contributed by atoms with Crippen molar-refractivity contribution in [2.45, 2.75) is 32.2 Å². The summed E-state index contributed by atoms with van der Waals surface area (Å²) in [5.74, 6) is 0. The predicted octanol–water partition coefficient (Wildman–Crippen LogP) is 1.66. The molecule has 0 aromatic heterocycles. The lowest BCUT2D eigenvalue weighted by molar-refractivity contribution is 0.0741. The highest BCUT2D eigenvalue weighted by Gasteiger charge is 2.12. The van der Waals surface area contributed by atoms with Crippen LogP contribution in [-0.2, 0) is 9.47 Å². The Labute approximate surface area is 99.1 Å². The Morgan fingerprint density at radius 3 is 2.50 bits per heavy atom. The molecule has 0 saturated heterocycles. The van der Waals surface area contributed by atoms with Crippen molar-refractivity contribution < 1.29 is 9.47 Å². The number of hydrogen-bond donors (Lipinski definition) is 0. The van der Waals surface area contributed by atoms with Gasteiger partial charge in [0.05, 0.1) is 19.3 Å². The van der Waals surface area contributed by atoms with Crippen LogP contribution in [0.2, 0.25) is 0 Å². The first kappa shape index (κ1) is 15.4. The maximum Gasteiger partial charge on any atom is 0.0621 e. The van der Waals surface area contributed by atoms with Crippen LogP contribution in [0.1, 0.15) is 26.2 Å². The third-order valence-electron chi connectivity index (χ3n) is 2.60. The summed E-state index contributed by atoms with van der Waals surface area (Å²) in [4.78, 5) is 2.35. The van der Waals surface area contributed by atoms with Gasteiger partial charge in [-0.2, -0.15) is 5.26 Å². The molecule has 0 saturated carbocycles. The molecule has 1 unspecified atom stereocenters. The van der Waals surface area contributed by atoms with Gasteiger partial charge in [-0.05, 0) is 26.3 Å². The number of unbranched alkanes of at least 4 members (excludes halogenated alkanes) is 2. The molecule has 0 aliphatic rings. The molecule has 0 heterocycles. The van der Waals surface area contributed by atoms with E-state index in [0.29, 0.717) is 12.5 Å². The number of nitriles is 1.